The van der Waals surface area contributed by atoms with Crippen molar-refractivity contribution >= 4 is 16.0 Å². The average molecular weight is 410 g/mol. The smallest absolute Gasteiger partial charge is 0.211 e. The molecule has 0 radical (unpaired) electrons. The third-order valence-corrected chi connectivity index (χ3v) is 6.28. The lowest BCUT2D eigenvalue weighted by Gasteiger charge is -2.23. The van der Waals surface area contributed by atoms with Gasteiger partial charge in [0, 0.05) is 32.2 Å². The second-order valence-corrected chi connectivity index (χ2v) is 9.15. The molecule has 0 amide bonds. The van der Waals surface area contributed by atoms with Crippen molar-refractivity contribution in [1.29, 1.82) is 0 Å². The molecule has 1 aromatic carbocycles. The molecule has 2 rings (SSSR count). The summed E-state index contributed by atoms with van der Waals surface area (Å²) in [5.74, 6) is 0.915. The van der Waals surface area contributed by atoms with E-state index in [-0.39, 0.29) is 5.75 Å². The van der Waals surface area contributed by atoms with Gasteiger partial charge in [-0.05, 0) is 45.2 Å². The molecule has 1 aromatic rings. The van der Waals surface area contributed by atoms with Crippen molar-refractivity contribution in [3.05, 3.63) is 35.9 Å². The lowest BCUT2D eigenvalue weighted by atomic mass is 10.2. The van der Waals surface area contributed by atoms with Crippen molar-refractivity contribution in [3.63, 3.8) is 0 Å². The largest absolute Gasteiger partial charge is 0.357 e. The topological polar surface area (TPSA) is 85.8 Å². The van der Waals surface area contributed by atoms with E-state index in [0.29, 0.717) is 25.6 Å². The predicted octanol–water partition coefficient (Wildman–Crippen LogP) is 1.54. The number of nitrogens with one attached hydrogen (secondary N) is 3. The number of benzene rings is 1. The Morgan fingerprint density at radius 3 is 2.68 bits per heavy atom. The predicted molar refractivity (Wildman–Crippen MR) is 116 cm³/mol. The van der Waals surface area contributed by atoms with E-state index in [1.807, 2.05) is 6.92 Å². The Morgan fingerprint density at radius 2 is 1.96 bits per heavy atom. The Balaban J connectivity index is 1.78. The zero-order valence-electron chi connectivity index (χ0n) is 17.2. The number of hydrogen-bond donors (Lipinski definition) is 3. The lowest BCUT2D eigenvalue weighted by molar-refractivity contribution is 0.250. The fraction of sp³-hybridized carbons (Fsp3) is 0.650. The summed E-state index contributed by atoms with van der Waals surface area (Å²) in [6.07, 6.45) is 3.11. The number of guanidine groups is 1. The summed E-state index contributed by atoms with van der Waals surface area (Å²) >= 11 is 0. The molecule has 1 atom stereocenters. The maximum atomic E-state index is 11.4. The Kier molecular flexibility index (Phi) is 9.73. The van der Waals surface area contributed by atoms with Crippen LogP contribution in [0.15, 0.2) is 35.3 Å². The van der Waals surface area contributed by atoms with Crippen LogP contribution >= 0.6 is 0 Å². The summed E-state index contributed by atoms with van der Waals surface area (Å²) in [4.78, 5) is 7.28. The highest BCUT2D eigenvalue weighted by Crippen LogP contribution is 2.20. The summed E-state index contributed by atoms with van der Waals surface area (Å²) in [6, 6.07) is 11.1. The first-order valence-electron chi connectivity index (χ1n) is 10.3. The Bertz CT molecular complexity index is 694. The highest BCUT2D eigenvalue weighted by Gasteiger charge is 2.24. The van der Waals surface area contributed by atoms with Crippen LogP contribution in [0.1, 0.15) is 38.7 Å². The molecule has 0 bridgehead atoms. The maximum absolute atomic E-state index is 11.4. The van der Waals surface area contributed by atoms with Gasteiger partial charge in [0.05, 0.1) is 12.3 Å². The Morgan fingerprint density at radius 1 is 1.18 bits per heavy atom. The number of hydrogen-bond acceptors (Lipinski definition) is 4. The van der Waals surface area contributed by atoms with Gasteiger partial charge in [0.15, 0.2) is 5.96 Å². The van der Waals surface area contributed by atoms with Crippen LogP contribution in [0.2, 0.25) is 0 Å². The number of sulfonamides is 1. The van der Waals surface area contributed by atoms with E-state index >= 15 is 0 Å². The highest BCUT2D eigenvalue weighted by molar-refractivity contribution is 7.89. The fourth-order valence-corrected chi connectivity index (χ4v) is 3.95. The van der Waals surface area contributed by atoms with Gasteiger partial charge in [0.1, 0.15) is 0 Å². The normalized spacial score (nSPS) is 18.4. The van der Waals surface area contributed by atoms with E-state index < -0.39 is 10.0 Å². The molecule has 0 spiro atoms. The minimum atomic E-state index is -3.11. The number of nitrogens with zero attached hydrogens (tertiary/aromatic N) is 2. The Hall–Kier alpha value is -1.64. The van der Waals surface area contributed by atoms with Gasteiger partial charge in [-0.25, -0.2) is 13.1 Å². The summed E-state index contributed by atoms with van der Waals surface area (Å²) < 4.78 is 25.5. The number of rotatable bonds is 11. The summed E-state index contributed by atoms with van der Waals surface area (Å²) in [5.41, 5.74) is 1.35. The van der Waals surface area contributed by atoms with E-state index in [9.17, 15) is 8.42 Å². The highest BCUT2D eigenvalue weighted by atomic mass is 32.2. The molecule has 28 heavy (non-hydrogen) atoms. The van der Waals surface area contributed by atoms with Crippen LogP contribution in [0.25, 0.3) is 0 Å². The molecule has 1 fully saturated rings. The summed E-state index contributed by atoms with van der Waals surface area (Å²) in [7, 11) is -3.11. The molecule has 0 saturated carbocycles. The third kappa shape index (κ3) is 8.16. The minimum absolute atomic E-state index is 0.116. The molecule has 158 valence electrons. The SMILES string of the molecule is CCNC(=NCC1CCCN1Cc1ccccc1)NCCCNS(=O)(=O)CC. The molecular formula is C20H35N5O2S. The quantitative estimate of drug-likeness (QED) is 0.293. The molecule has 1 aliphatic rings. The van der Waals surface area contributed by atoms with E-state index in [1.165, 1.54) is 18.4 Å². The second kappa shape index (κ2) is 12.0. The minimum Gasteiger partial charge on any atom is -0.357 e. The standard InChI is InChI=1S/C20H35N5O2S/c1-3-21-20(22-13-9-14-24-28(26,27)4-2)23-16-19-12-8-15-25(19)17-18-10-6-5-7-11-18/h5-7,10-11,19,24H,3-4,8-9,12-17H2,1-2H3,(H2,21,22,23). The molecule has 1 saturated heterocycles. The van der Waals surface area contributed by atoms with E-state index in [0.717, 1.165) is 32.1 Å². The second-order valence-electron chi connectivity index (χ2n) is 7.05. The van der Waals surface area contributed by atoms with Gasteiger partial charge >= 0.3 is 0 Å². The zero-order chi connectivity index (χ0) is 20.2. The first kappa shape index (κ1) is 22.6. The van der Waals surface area contributed by atoms with Gasteiger partial charge in [0.2, 0.25) is 10.0 Å². The summed E-state index contributed by atoms with van der Waals surface area (Å²) in [5, 5.41) is 6.57. The van der Waals surface area contributed by atoms with Crippen molar-refractivity contribution in [2.24, 2.45) is 4.99 Å². The first-order chi connectivity index (χ1) is 13.5. The van der Waals surface area contributed by atoms with Crippen molar-refractivity contribution < 1.29 is 8.42 Å². The Labute approximate surface area is 170 Å². The molecule has 0 aliphatic carbocycles. The first-order valence-corrected chi connectivity index (χ1v) is 12.0. The van der Waals surface area contributed by atoms with Crippen LogP contribution in [-0.4, -0.2) is 63.8 Å². The molecule has 1 unspecified atom stereocenters. The molecular weight excluding hydrogens is 374 g/mol. The molecule has 7 nitrogen and oxygen atoms in total. The number of aliphatic imine (C=N–C) groups is 1. The fourth-order valence-electron chi connectivity index (χ4n) is 3.29. The van der Waals surface area contributed by atoms with Gasteiger partial charge in [-0.1, -0.05) is 30.3 Å². The molecule has 3 N–H and O–H groups in total. The zero-order valence-corrected chi connectivity index (χ0v) is 18.0. The van der Waals surface area contributed by atoms with Gasteiger partial charge in [0.25, 0.3) is 0 Å². The van der Waals surface area contributed by atoms with E-state index in [1.54, 1.807) is 6.92 Å². The van der Waals surface area contributed by atoms with Crippen LogP contribution in [0.4, 0.5) is 0 Å². The van der Waals surface area contributed by atoms with Gasteiger partial charge in [-0.2, -0.15) is 0 Å². The van der Waals surface area contributed by atoms with Crippen molar-refractivity contribution in [2.75, 3.05) is 38.5 Å². The van der Waals surface area contributed by atoms with Crippen molar-refractivity contribution in [1.82, 2.24) is 20.3 Å². The summed E-state index contributed by atoms with van der Waals surface area (Å²) in [6.45, 7) is 8.47. The van der Waals surface area contributed by atoms with Crippen LogP contribution < -0.4 is 15.4 Å². The van der Waals surface area contributed by atoms with Crippen molar-refractivity contribution in [3.8, 4) is 0 Å². The van der Waals surface area contributed by atoms with Gasteiger partial charge in [-0.3, -0.25) is 9.89 Å². The van der Waals surface area contributed by atoms with Crippen LogP contribution in [0, 0.1) is 0 Å². The van der Waals surface area contributed by atoms with E-state index in [4.69, 9.17) is 4.99 Å². The molecule has 0 aromatic heterocycles. The van der Waals surface area contributed by atoms with Crippen LogP contribution in [-0.2, 0) is 16.6 Å². The van der Waals surface area contributed by atoms with Gasteiger partial charge < -0.3 is 10.6 Å². The maximum Gasteiger partial charge on any atom is 0.211 e. The van der Waals surface area contributed by atoms with E-state index in [2.05, 4.69) is 50.6 Å². The number of likely N-dealkylation sites (tertiary alicyclic amines) is 1. The lowest BCUT2D eigenvalue weighted by Crippen LogP contribution is -2.40. The average Bonchev–Trinajstić information content (AvgIpc) is 3.13. The monoisotopic (exact) mass is 409 g/mol. The van der Waals surface area contributed by atoms with Crippen LogP contribution in [0.5, 0.6) is 0 Å². The van der Waals surface area contributed by atoms with Crippen LogP contribution in [0.3, 0.4) is 0 Å². The van der Waals surface area contributed by atoms with Gasteiger partial charge in [-0.15, -0.1) is 0 Å². The third-order valence-electron chi connectivity index (χ3n) is 4.88. The molecule has 1 aliphatic heterocycles. The molecule has 8 heteroatoms. The molecule has 1 heterocycles. The van der Waals surface area contributed by atoms with Crippen molar-refractivity contribution in [2.45, 2.75) is 45.7 Å².